The van der Waals surface area contributed by atoms with Gasteiger partial charge < -0.3 is 46.2 Å². The minimum atomic E-state index is -1.30. The Labute approximate surface area is 347 Å². The largest absolute Gasteiger partial charge is 0.394 e. The standard InChI is InChI=1S/C42H63N7O8S/c1-8-25(4)33-38(54)44-30(24-57-42(6,7)10-3)36(52)43-28(22-27-16-12-11-13-17-27)40(55)49-21-15-19-32(49)39(58)45-29(23-50)35(51)47-34(26(5)9-2)41(56)48-20-14-18-31(48)37(53)46-33/h10-13,16-17,25-26,28-34,50H,3,8-9,14-15,18-24H2,1-2,4-7H3,(H,43,52)(H,44,54)(H,45,58)(H,46,53)(H,47,51)/t25-,26-,28+,29-,30+,31-,32-,33-,34-/m0/s1. The monoisotopic (exact) mass is 825 g/mol. The Kier molecular flexibility index (Phi) is 16.8. The Morgan fingerprint density at radius 2 is 1.33 bits per heavy atom. The van der Waals surface area contributed by atoms with Gasteiger partial charge >= 0.3 is 0 Å². The first-order valence-electron chi connectivity index (χ1n) is 20.6. The van der Waals surface area contributed by atoms with E-state index in [1.807, 2.05) is 58.0 Å². The summed E-state index contributed by atoms with van der Waals surface area (Å²) >= 11 is 5.79. The van der Waals surface area contributed by atoms with Crippen LogP contribution in [0.5, 0.6) is 0 Å². The van der Waals surface area contributed by atoms with Crippen LogP contribution >= 0.6 is 12.2 Å². The lowest BCUT2D eigenvalue weighted by Crippen LogP contribution is -2.61. The molecule has 0 aromatic heterocycles. The van der Waals surface area contributed by atoms with Crippen molar-refractivity contribution in [2.75, 3.05) is 26.3 Å². The molecule has 9 atom stereocenters. The van der Waals surface area contributed by atoms with Crippen LogP contribution in [0.4, 0.5) is 0 Å². The summed E-state index contributed by atoms with van der Waals surface area (Å²) in [6.45, 7) is 14.4. The highest BCUT2D eigenvalue weighted by molar-refractivity contribution is 7.80. The molecule has 4 rings (SSSR count). The molecule has 1 aromatic carbocycles. The molecule has 0 aliphatic carbocycles. The second-order valence-electron chi connectivity index (χ2n) is 16.3. The maximum atomic E-state index is 14.6. The number of carbonyl (C=O) groups excluding carboxylic acids is 6. The van der Waals surface area contributed by atoms with Crippen LogP contribution in [-0.2, 0) is 39.9 Å². The van der Waals surface area contributed by atoms with Gasteiger partial charge in [0.25, 0.3) is 0 Å². The number of rotatable bonds is 11. The predicted molar refractivity (Wildman–Crippen MR) is 223 cm³/mol. The summed E-state index contributed by atoms with van der Waals surface area (Å²) in [5.41, 5.74) is -0.105. The van der Waals surface area contributed by atoms with Gasteiger partial charge in [0.05, 0.1) is 29.8 Å². The number of ether oxygens (including phenoxy) is 1. The van der Waals surface area contributed by atoms with Crippen molar-refractivity contribution in [2.45, 2.75) is 134 Å². The molecule has 6 amide bonds. The molecule has 0 saturated carbocycles. The first-order valence-corrected chi connectivity index (χ1v) is 21.0. The van der Waals surface area contributed by atoms with Crippen molar-refractivity contribution in [2.24, 2.45) is 11.8 Å². The molecule has 16 heteroatoms. The Balaban J connectivity index is 1.80. The van der Waals surface area contributed by atoms with Gasteiger partial charge in [-0.25, -0.2) is 0 Å². The summed E-state index contributed by atoms with van der Waals surface area (Å²) in [5, 5.41) is 24.8. The maximum absolute atomic E-state index is 14.6. The molecule has 1 aromatic rings. The van der Waals surface area contributed by atoms with Gasteiger partial charge in [-0.3, -0.25) is 28.8 Å². The third-order valence-electron chi connectivity index (χ3n) is 11.7. The van der Waals surface area contributed by atoms with E-state index in [4.69, 9.17) is 17.0 Å². The van der Waals surface area contributed by atoms with E-state index >= 15 is 0 Å². The zero-order chi connectivity index (χ0) is 42.7. The third kappa shape index (κ3) is 11.6. The quantitative estimate of drug-likeness (QED) is 0.141. The topological polar surface area (TPSA) is 199 Å². The van der Waals surface area contributed by atoms with Gasteiger partial charge in [-0.15, -0.1) is 6.58 Å². The molecular formula is C42H63N7O8S. The summed E-state index contributed by atoms with van der Waals surface area (Å²) in [5.74, 6) is -4.12. The number of thiocarbonyl (C=S) groups is 1. The Morgan fingerprint density at radius 1 is 0.776 bits per heavy atom. The van der Waals surface area contributed by atoms with Gasteiger partial charge in [-0.1, -0.05) is 89.2 Å². The summed E-state index contributed by atoms with van der Waals surface area (Å²) in [6.07, 6.45) is 4.63. The summed E-state index contributed by atoms with van der Waals surface area (Å²) in [4.78, 5) is 88.5. The Bertz CT molecular complexity index is 1660. The van der Waals surface area contributed by atoms with E-state index in [9.17, 15) is 33.9 Å². The van der Waals surface area contributed by atoms with Crippen LogP contribution in [0.2, 0.25) is 0 Å². The van der Waals surface area contributed by atoms with Crippen molar-refractivity contribution in [3.63, 3.8) is 0 Å². The van der Waals surface area contributed by atoms with Crippen LogP contribution in [0.25, 0.3) is 0 Å². The molecular weight excluding hydrogens is 763 g/mol. The van der Waals surface area contributed by atoms with E-state index in [0.29, 0.717) is 45.1 Å². The van der Waals surface area contributed by atoms with E-state index in [-0.39, 0.29) is 36.4 Å². The van der Waals surface area contributed by atoms with Gasteiger partial charge in [0.15, 0.2) is 0 Å². The minimum Gasteiger partial charge on any atom is -0.394 e. The van der Waals surface area contributed by atoms with E-state index in [1.54, 1.807) is 24.8 Å². The van der Waals surface area contributed by atoms with Crippen molar-refractivity contribution in [3.8, 4) is 0 Å². The minimum absolute atomic E-state index is 0.116. The van der Waals surface area contributed by atoms with Gasteiger partial charge in [-0.2, -0.15) is 0 Å². The van der Waals surface area contributed by atoms with E-state index < -0.39 is 89.9 Å². The molecule has 58 heavy (non-hydrogen) atoms. The average molecular weight is 826 g/mol. The second-order valence-corrected chi connectivity index (χ2v) is 16.7. The first kappa shape index (κ1) is 46.3. The van der Waals surface area contributed by atoms with Crippen molar-refractivity contribution in [1.82, 2.24) is 36.4 Å². The fourth-order valence-corrected chi connectivity index (χ4v) is 7.85. The zero-order valence-corrected chi connectivity index (χ0v) is 35.6. The molecule has 3 heterocycles. The lowest BCUT2D eigenvalue weighted by molar-refractivity contribution is -0.144. The number of aliphatic hydroxyl groups is 1. The smallest absolute Gasteiger partial charge is 0.246 e. The number of hydrogen-bond donors (Lipinski definition) is 6. The van der Waals surface area contributed by atoms with Crippen molar-refractivity contribution < 1.29 is 38.6 Å². The highest BCUT2D eigenvalue weighted by Gasteiger charge is 2.43. The molecule has 3 saturated heterocycles. The van der Waals surface area contributed by atoms with Crippen molar-refractivity contribution in [1.29, 1.82) is 0 Å². The molecule has 0 spiro atoms. The third-order valence-corrected chi connectivity index (χ3v) is 12.1. The van der Waals surface area contributed by atoms with E-state index in [0.717, 1.165) is 5.56 Å². The number of nitrogens with zero attached hydrogens (tertiary/aromatic N) is 2. The number of aliphatic hydroxyl groups excluding tert-OH is 1. The number of benzene rings is 1. The number of amides is 6. The molecule has 3 aliphatic rings. The van der Waals surface area contributed by atoms with Crippen LogP contribution in [0.1, 0.15) is 85.6 Å². The molecule has 15 nitrogen and oxygen atoms in total. The lowest BCUT2D eigenvalue weighted by Gasteiger charge is -2.33. The van der Waals surface area contributed by atoms with Crippen LogP contribution in [0, 0.1) is 11.8 Å². The van der Waals surface area contributed by atoms with Gasteiger partial charge in [0, 0.05) is 19.5 Å². The predicted octanol–water partition coefficient (Wildman–Crippen LogP) is 1.52. The normalized spacial score (nSPS) is 28.2. The molecule has 320 valence electrons. The summed E-state index contributed by atoms with van der Waals surface area (Å²) in [6, 6.07) is 1.84. The van der Waals surface area contributed by atoms with Crippen LogP contribution in [-0.4, -0.2) is 130 Å². The number of carbonyl (C=O) groups is 6. The van der Waals surface area contributed by atoms with Gasteiger partial charge in [-0.05, 0) is 56.9 Å². The maximum Gasteiger partial charge on any atom is 0.246 e. The zero-order valence-electron chi connectivity index (χ0n) is 34.8. The molecule has 3 fully saturated rings. The van der Waals surface area contributed by atoms with Crippen molar-refractivity contribution >= 4 is 52.6 Å². The number of fused-ring (bicyclic) bond motifs is 2. The highest BCUT2D eigenvalue weighted by atomic mass is 32.1. The number of nitrogens with one attached hydrogen (secondary N) is 5. The molecule has 0 radical (unpaired) electrons. The Morgan fingerprint density at radius 3 is 1.93 bits per heavy atom. The summed E-state index contributed by atoms with van der Waals surface area (Å²) in [7, 11) is 0. The molecule has 0 bridgehead atoms. The van der Waals surface area contributed by atoms with Crippen LogP contribution in [0.3, 0.4) is 0 Å². The fraction of sp³-hybridized carbons (Fsp3) is 0.643. The number of hydrogen-bond acceptors (Lipinski definition) is 9. The van der Waals surface area contributed by atoms with Crippen molar-refractivity contribution in [3.05, 3.63) is 48.6 Å². The SMILES string of the molecule is C=CC(C)(C)OC[C@H]1NC(=O)[C@H]([C@@H](C)CC)NC(=O)[C@@H]2CCCN2C(=O)[C@H]([C@@H](C)CC)NC(=O)[C@H](CO)NC(=S)[C@@H]2CCCN2C(=O)[C@@H](Cc2ccccc2)NC1=O. The van der Waals surface area contributed by atoms with Gasteiger partial charge in [0.2, 0.25) is 35.4 Å². The highest BCUT2D eigenvalue weighted by Crippen LogP contribution is 2.24. The first-order chi connectivity index (χ1) is 27.5. The summed E-state index contributed by atoms with van der Waals surface area (Å²) < 4.78 is 6.05. The van der Waals surface area contributed by atoms with Crippen LogP contribution in [0.15, 0.2) is 43.0 Å². The lowest BCUT2D eigenvalue weighted by atomic mass is 9.96. The second kappa shape index (κ2) is 21.0. The Hall–Kier alpha value is -4.41. The van der Waals surface area contributed by atoms with Gasteiger partial charge in [0.1, 0.15) is 36.3 Å². The average Bonchev–Trinajstić information content (AvgIpc) is 3.92. The molecule has 0 unspecified atom stereocenters. The van der Waals surface area contributed by atoms with E-state index in [1.165, 1.54) is 4.90 Å². The molecule has 3 aliphatic heterocycles. The fourth-order valence-electron chi connectivity index (χ4n) is 7.46. The van der Waals surface area contributed by atoms with Crippen LogP contribution < -0.4 is 26.6 Å². The van der Waals surface area contributed by atoms with E-state index in [2.05, 4.69) is 33.2 Å². The molecule has 6 N–H and O–H groups in total.